The highest BCUT2D eigenvalue weighted by Crippen LogP contribution is 2.26. The summed E-state index contributed by atoms with van der Waals surface area (Å²) in [5.74, 6) is -0.0882. The molecule has 0 unspecified atom stereocenters. The van der Waals surface area contributed by atoms with E-state index in [0.717, 1.165) is 11.3 Å². The molecule has 1 aliphatic rings. The lowest BCUT2D eigenvalue weighted by atomic mass is 10.1. The fourth-order valence-corrected chi connectivity index (χ4v) is 2.83. The average molecular weight is 372 g/mol. The van der Waals surface area contributed by atoms with Crippen molar-refractivity contribution in [3.05, 3.63) is 59.1 Å². The number of hydrogen-bond donors (Lipinski definition) is 1. The molecule has 2 aromatic rings. The first-order valence-corrected chi connectivity index (χ1v) is 8.47. The van der Waals surface area contributed by atoms with Crippen LogP contribution in [0.3, 0.4) is 0 Å². The van der Waals surface area contributed by atoms with Crippen molar-refractivity contribution in [1.29, 1.82) is 0 Å². The van der Waals surface area contributed by atoms with Gasteiger partial charge in [0, 0.05) is 23.7 Å². The van der Waals surface area contributed by atoms with Crippen molar-refractivity contribution in [1.82, 2.24) is 5.43 Å². The summed E-state index contributed by atoms with van der Waals surface area (Å²) in [6.07, 6.45) is 1.70. The fourth-order valence-electron chi connectivity index (χ4n) is 2.71. The molecule has 26 heavy (non-hydrogen) atoms. The molecule has 0 saturated carbocycles. The highest BCUT2D eigenvalue weighted by atomic mass is 35.5. The smallest absolute Gasteiger partial charge is 0.245 e. The quantitative estimate of drug-likeness (QED) is 0.649. The van der Waals surface area contributed by atoms with Gasteiger partial charge in [-0.05, 0) is 42.0 Å². The first-order chi connectivity index (χ1) is 12.6. The van der Waals surface area contributed by atoms with Gasteiger partial charge in [-0.3, -0.25) is 9.59 Å². The monoisotopic (exact) mass is 371 g/mol. The van der Waals surface area contributed by atoms with E-state index in [1.54, 1.807) is 60.5 Å². The van der Waals surface area contributed by atoms with Gasteiger partial charge in [-0.1, -0.05) is 23.7 Å². The van der Waals surface area contributed by atoms with Crippen molar-refractivity contribution in [3.8, 4) is 5.75 Å². The van der Waals surface area contributed by atoms with Crippen molar-refractivity contribution in [2.24, 2.45) is 11.0 Å². The minimum absolute atomic E-state index is 0.0861. The molecule has 0 spiro atoms. The number of carbonyl (C=O) groups excluding carboxylic acids is 2. The van der Waals surface area contributed by atoms with Crippen LogP contribution < -0.4 is 15.1 Å². The molecule has 2 amide bonds. The van der Waals surface area contributed by atoms with Gasteiger partial charge in [0.2, 0.25) is 11.8 Å². The van der Waals surface area contributed by atoms with E-state index in [4.69, 9.17) is 16.3 Å². The lowest BCUT2D eigenvalue weighted by Gasteiger charge is -2.16. The first-order valence-electron chi connectivity index (χ1n) is 8.09. The van der Waals surface area contributed by atoms with Crippen molar-refractivity contribution < 1.29 is 14.3 Å². The van der Waals surface area contributed by atoms with E-state index in [1.807, 2.05) is 0 Å². The van der Waals surface area contributed by atoms with Crippen LogP contribution in [0.5, 0.6) is 5.75 Å². The number of nitrogens with zero attached hydrogens (tertiary/aromatic N) is 2. The number of halogens is 1. The minimum Gasteiger partial charge on any atom is -0.497 e. The highest BCUT2D eigenvalue weighted by Gasteiger charge is 2.35. The van der Waals surface area contributed by atoms with Gasteiger partial charge in [0.25, 0.3) is 0 Å². The Kier molecular flexibility index (Phi) is 5.53. The van der Waals surface area contributed by atoms with Crippen LogP contribution in [0.2, 0.25) is 5.02 Å². The molecule has 1 heterocycles. The predicted octanol–water partition coefficient (Wildman–Crippen LogP) is 2.85. The molecular weight excluding hydrogens is 354 g/mol. The Labute approximate surface area is 156 Å². The molecule has 1 N–H and O–H groups in total. The molecule has 134 valence electrons. The normalized spacial score (nSPS) is 16.9. The number of nitrogens with one attached hydrogen (secondary N) is 1. The molecule has 2 aromatic carbocycles. The van der Waals surface area contributed by atoms with E-state index >= 15 is 0 Å². The average Bonchev–Trinajstić information content (AvgIpc) is 3.05. The number of hydrogen-bond acceptors (Lipinski definition) is 4. The summed E-state index contributed by atoms with van der Waals surface area (Å²) in [5, 5.41) is 4.58. The van der Waals surface area contributed by atoms with Crippen LogP contribution in [0, 0.1) is 5.92 Å². The lowest BCUT2D eigenvalue weighted by molar-refractivity contribution is -0.126. The molecule has 1 aliphatic heterocycles. The molecule has 6 nitrogen and oxygen atoms in total. The number of carbonyl (C=O) groups is 2. The van der Waals surface area contributed by atoms with Gasteiger partial charge < -0.3 is 9.64 Å². The zero-order chi connectivity index (χ0) is 18.5. The molecule has 3 rings (SSSR count). The van der Waals surface area contributed by atoms with Gasteiger partial charge in [0.1, 0.15) is 5.75 Å². The second kappa shape index (κ2) is 8.01. The number of amides is 2. The third-order valence-corrected chi connectivity index (χ3v) is 4.39. The number of hydrazone groups is 1. The summed E-state index contributed by atoms with van der Waals surface area (Å²) >= 11 is 5.82. The van der Waals surface area contributed by atoms with Gasteiger partial charge in [-0.15, -0.1) is 0 Å². The number of ether oxygens (including phenoxy) is 1. The van der Waals surface area contributed by atoms with E-state index in [-0.39, 0.29) is 18.2 Å². The number of rotatable bonds is 5. The molecule has 1 atom stereocenters. The number of methoxy groups -OCH3 is 1. The van der Waals surface area contributed by atoms with E-state index in [9.17, 15) is 9.59 Å². The molecule has 0 aromatic heterocycles. The topological polar surface area (TPSA) is 71.0 Å². The van der Waals surface area contributed by atoms with Crippen LogP contribution in [-0.2, 0) is 9.59 Å². The summed E-state index contributed by atoms with van der Waals surface area (Å²) in [7, 11) is 1.58. The molecule has 0 bridgehead atoms. The molecule has 1 fully saturated rings. The lowest BCUT2D eigenvalue weighted by Crippen LogP contribution is -2.30. The summed E-state index contributed by atoms with van der Waals surface area (Å²) in [5.41, 5.74) is 4.06. The van der Waals surface area contributed by atoms with Crippen LogP contribution in [0.4, 0.5) is 5.69 Å². The maximum absolute atomic E-state index is 12.3. The molecule has 0 radical (unpaired) electrons. The van der Waals surface area contributed by atoms with Gasteiger partial charge in [0.05, 0.1) is 19.2 Å². The summed E-state index contributed by atoms with van der Waals surface area (Å²) in [4.78, 5) is 26.1. The van der Waals surface area contributed by atoms with Crippen molar-refractivity contribution in [3.63, 3.8) is 0 Å². The van der Waals surface area contributed by atoms with Gasteiger partial charge in [-0.2, -0.15) is 5.10 Å². The maximum Gasteiger partial charge on any atom is 0.245 e. The van der Waals surface area contributed by atoms with Gasteiger partial charge in [-0.25, -0.2) is 5.43 Å². The second-order valence-electron chi connectivity index (χ2n) is 5.89. The zero-order valence-corrected chi connectivity index (χ0v) is 14.9. The Balaban J connectivity index is 1.58. The predicted molar refractivity (Wildman–Crippen MR) is 101 cm³/mol. The minimum atomic E-state index is -0.438. The summed E-state index contributed by atoms with van der Waals surface area (Å²) in [6, 6.07) is 14.2. The van der Waals surface area contributed by atoms with Crippen LogP contribution in [0.1, 0.15) is 12.0 Å². The Hall–Kier alpha value is -2.86. The van der Waals surface area contributed by atoms with Gasteiger partial charge in [0.15, 0.2) is 0 Å². The second-order valence-corrected chi connectivity index (χ2v) is 6.33. The van der Waals surface area contributed by atoms with Crippen LogP contribution >= 0.6 is 11.6 Å². The third kappa shape index (κ3) is 4.21. The van der Waals surface area contributed by atoms with Crippen molar-refractivity contribution >= 4 is 35.3 Å². The van der Waals surface area contributed by atoms with Crippen LogP contribution in [-0.4, -0.2) is 31.7 Å². The van der Waals surface area contributed by atoms with E-state index < -0.39 is 5.92 Å². The maximum atomic E-state index is 12.3. The zero-order valence-electron chi connectivity index (χ0n) is 14.2. The van der Waals surface area contributed by atoms with E-state index in [0.29, 0.717) is 17.3 Å². The van der Waals surface area contributed by atoms with E-state index in [2.05, 4.69) is 10.5 Å². The number of benzene rings is 2. The first kappa shape index (κ1) is 17.9. The molecule has 0 aliphatic carbocycles. The third-order valence-electron chi connectivity index (χ3n) is 4.14. The molecule has 7 heteroatoms. The Bertz CT molecular complexity index is 819. The summed E-state index contributed by atoms with van der Waals surface area (Å²) in [6.45, 7) is 0.327. The van der Waals surface area contributed by atoms with Crippen LogP contribution in [0.25, 0.3) is 0 Å². The molecule has 1 saturated heterocycles. The SMILES string of the molecule is COc1ccc(N2C[C@@H](C(=O)N/N=C/c3ccc(Cl)cc3)CC2=O)cc1. The standard InChI is InChI=1S/C19H18ClN3O3/c1-26-17-8-6-16(7-9-17)23-12-14(10-18(23)24)19(25)22-21-11-13-2-4-15(20)5-3-13/h2-9,11,14H,10,12H2,1H3,(H,22,25)/b21-11+/t14-/m0/s1. The Morgan fingerprint density at radius 2 is 1.92 bits per heavy atom. The van der Waals surface area contributed by atoms with Gasteiger partial charge >= 0.3 is 0 Å². The van der Waals surface area contributed by atoms with Crippen LogP contribution in [0.15, 0.2) is 53.6 Å². The largest absolute Gasteiger partial charge is 0.497 e. The molecular formula is C19H18ClN3O3. The van der Waals surface area contributed by atoms with E-state index in [1.165, 1.54) is 6.21 Å². The number of anilines is 1. The Morgan fingerprint density at radius 1 is 1.23 bits per heavy atom. The fraction of sp³-hybridized carbons (Fsp3) is 0.211. The van der Waals surface area contributed by atoms with Crippen molar-refractivity contribution in [2.75, 3.05) is 18.6 Å². The Morgan fingerprint density at radius 3 is 2.58 bits per heavy atom. The summed E-state index contributed by atoms with van der Waals surface area (Å²) < 4.78 is 5.11. The highest BCUT2D eigenvalue weighted by molar-refractivity contribution is 6.30. The van der Waals surface area contributed by atoms with Crippen molar-refractivity contribution in [2.45, 2.75) is 6.42 Å².